The number of halogens is 2. The van der Waals surface area contributed by atoms with Gasteiger partial charge in [-0.15, -0.1) is 0 Å². The molecule has 1 aromatic heterocycles. The van der Waals surface area contributed by atoms with Crippen molar-refractivity contribution in [1.29, 1.82) is 0 Å². The second-order valence-corrected chi connectivity index (χ2v) is 7.57. The molecule has 1 amide bonds. The summed E-state index contributed by atoms with van der Waals surface area (Å²) in [6.45, 7) is 10.1. The lowest BCUT2D eigenvalue weighted by Gasteiger charge is -2.28. The Kier molecular flexibility index (Phi) is 6.31. The van der Waals surface area contributed by atoms with Crippen LogP contribution in [0.2, 0.25) is 0 Å². The molecule has 2 heterocycles. The molecule has 3 rings (SSSR count). The molecule has 1 aromatic carbocycles. The van der Waals surface area contributed by atoms with Gasteiger partial charge in [0.1, 0.15) is 5.52 Å². The molecule has 1 saturated heterocycles. The minimum absolute atomic E-state index is 0.129. The second-order valence-electron chi connectivity index (χ2n) is 6.56. The van der Waals surface area contributed by atoms with Gasteiger partial charge in [0.25, 0.3) is 5.91 Å². The summed E-state index contributed by atoms with van der Waals surface area (Å²) in [5.41, 5.74) is 2.63. The highest BCUT2D eigenvalue weighted by molar-refractivity contribution is 9.11. The zero-order valence-corrected chi connectivity index (χ0v) is 17.5. The summed E-state index contributed by atoms with van der Waals surface area (Å²) in [5, 5.41) is 6.33. The predicted molar refractivity (Wildman–Crippen MR) is 114 cm³/mol. The summed E-state index contributed by atoms with van der Waals surface area (Å²) in [6, 6.07) is 1.66. The van der Waals surface area contributed by atoms with E-state index < -0.39 is 5.82 Å². The van der Waals surface area contributed by atoms with Gasteiger partial charge in [0.2, 0.25) is 0 Å². The average Bonchev–Trinajstić information content (AvgIpc) is 3.15. The number of anilines is 1. The van der Waals surface area contributed by atoms with E-state index in [2.05, 4.69) is 43.1 Å². The number of hydrogen-bond acceptors (Lipinski definition) is 4. The Labute approximate surface area is 171 Å². The Hall–Kier alpha value is -2.45. The van der Waals surface area contributed by atoms with E-state index in [1.165, 1.54) is 6.33 Å². The van der Waals surface area contributed by atoms with Gasteiger partial charge in [-0.2, -0.15) is 0 Å². The van der Waals surface area contributed by atoms with Crippen LogP contribution >= 0.6 is 15.9 Å². The Morgan fingerprint density at radius 3 is 2.79 bits per heavy atom. The summed E-state index contributed by atoms with van der Waals surface area (Å²) < 4.78 is 16.0. The Morgan fingerprint density at radius 1 is 1.43 bits per heavy atom. The van der Waals surface area contributed by atoms with Gasteiger partial charge in [0, 0.05) is 36.4 Å². The number of nitrogens with one attached hydrogen (secondary N) is 3. The maximum absolute atomic E-state index is 15.3. The standard InChI is InChI=1S/C20H23BrFN5O/c1-4-15(12(2)9-13(3)21)26-18-14(20(28)27-7-5-23-6-8-27)10-16-19(17(18)22)25-11-24-16/h4,9-11,23,26H,3,5-8H2,1-2H3,(H,24,25)/b12-9-,15-4+. The number of aromatic nitrogens is 2. The molecule has 8 heteroatoms. The van der Waals surface area contributed by atoms with E-state index >= 15 is 4.39 Å². The fourth-order valence-electron chi connectivity index (χ4n) is 3.22. The van der Waals surface area contributed by atoms with Gasteiger partial charge in [-0.3, -0.25) is 4.79 Å². The van der Waals surface area contributed by atoms with Crippen molar-refractivity contribution in [2.24, 2.45) is 0 Å². The van der Waals surface area contributed by atoms with Crippen molar-refractivity contribution >= 4 is 38.6 Å². The fraction of sp³-hybridized carbons (Fsp3) is 0.300. The molecule has 3 N–H and O–H groups in total. The molecular formula is C20H23BrFN5O. The molecule has 0 bridgehead atoms. The number of fused-ring (bicyclic) bond motifs is 1. The van der Waals surface area contributed by atoms with Gasteiger partial charge in [-0.1, -0.05) is 28.6 Å². The van der Waals surface area contributed by atoms with Crippen molar-refractivity contribution < 1.29 is 9.18 Å². The number of benzene rings is 1. The van der Waals surface area contributed by atoms with Gasteiger partial charge < -0.3 is 20.5 Å². The maximum atomic E-state index is 15.3. The summed E-state index contributed by atoms with van der Waals surface area (Å²) in [7, 11) is 0. The number of H-pyrrole nitrogens is 1. The number of carbonyl (C=O) groups is 1. The number of hydrogen-bond donors (Lipinski definition) is 3. The number of amides is 1. The molecule has 2 aromatic rings. The number of allylic oxidation sites excluding steroid dienone is 4. The van der Waals surface area contributed by atoms with Crippen LogP contribution in [-0.2, 0) is 0 Å². The summed E-state index contributed by atoms with van der Waals surface area (Å²) in [5.74, 6) is -0.761. The molecular weight excluding hydrogens is 425 g/mol. The molecule has 0 radical (unpaired) electrons. The van der Waals surface area contributed by atoms with Crippen molar-refractivity contribution in [3.8, 4) is 0 Å². The molecule has 148 valence electrons. The minimum Gasteiger partial charge on any atom is -0.352 e. The normalized spacial score (nSPS) is 15.8. The zero-order chi connectivity index (χ0) is 20.3. The summed E-state index contributed by atoms with van der Waals surface area (Å²) in [6.07, 6.45) is 5.08. The van der Waals surface area contributed by atoms with E-state index in [0.29, 0.717) is 28.8 Å². The Balaban J connectivity index is 2.07. The first-order valence-corrected chi connectivity index (χ1v) is 9.83. The molecule has 28 heavy (non-hydrogen) atoms. The first-order valence-electron chi connectivity index (χ1n) is 9.04. The SMILES string of the molecule is C=C(Br)/C=C(C)\C(=C/C)Nc1c(C(=O)N2CCNCC2)cc2[nH]cnc2c1F. The Bertz CT molecular complexity index is 972. The van der Waals surface area contributed by atoms with Crippen LogP contribution in [0.5, 0.6) is 0 Å². The van der Waals surface area contributed by atoms with E-state index in [9.17, 15) is 4.79 Å². The van der Waals surface area contributed by atoms with Crippen molar-refractivity contribution in [3.63, 3.8) is 0 Å². The summed E-state index contributed by atoms with van der Waals surface area (Å²) >= 11 is 3.31. The highest BCUT2D eigenvalue weighted by atomic mass is 79.9. The van der Waals surface area contributed by atoms with Gasteiger partial charge in [0.05, 0.1) is 23.1 Å². The van der Waals surface area contributed by atoms with Gasteiger partial charge in [-0.05, 0) is 31.6 Å². The first-order chi connectivity index (χ1) is 13.4. The van der Waals surface area contributed by atoms with Crippen molar-refractivity contribution in [2.45, 2.75) is 13.8 Å². The molecule has 0 atom stereocenters. The van der Waals surface area contributed by atoms with E-state index in [1.807, 2.05) is 26.0 Å². The van der Waals surface area contributed by atoms with Crippen molar-refractivity contribution in [1.82, 2.24) is 20.2 Å². The number of imidazole rings is 1. The third kappa shape index (κ3) is 4.18. The average molecular weight is 448 g/mol. The largest absolute Gasteiger partial charge is 0.352 e. The van der Waals surface area contributed by atoms with Crippen LogP contribution in [0.4, 0.5) is 10.1 Å². The van der Waals surface area contributed by atoms with Crippen LogP contribution in [0.1, 0.15) is 24.2 Å². The molecule has 0 saturated carbocycles. The monoisotopic (exact) mass is 447 g/mol. The predicted octanol–water partition coefficient (Wildman–Crippen LogP) is 3.92. The van der Waals surface area contributed by atoms with Gasteiger partial charge >= 0.3 is 0 Å². The molecule has 0 spiro atoms. The maximum Gasteiger partial charge on any atom is 0.256 e. The third-order valence-electron chi connectivity index (χ3n) is 4.64. The quantitative estimate of drug-likeness (QED) is 0.607. The number of aromatic amines is 1. The van der Waals surface area contributed by atoms with E-state index in [0.717, 1.165) is 18.7 Å². The van der Waals surface area contributed by atoms with E-state index in [1.54, 1.807) is 11.0 Å². The number of rotatable bonds is 5. The van der Waals surface area contributed by atoms with Crippen molar-refractivity contribution in [2.75, 3.05) is 31.5 Å². The highest BCUT2D eigenvalue weighted by Gasteiger charge is 2.25. The lowest BCUT2D eigenvalue weighted by molar-refractivity contribution is 0.0736. The fourth-order valence-corrected chi connectivity index (χ4v) is 3.56. The molecule has 1 fully saturated rings. The van der Waals surface area contributed by atoms with Crippen LogP contribution in [0.15, 0.2) is 46.9 Å². The van der Waals surface area contributed by atoms with Crippen LogP contribution in [0.3, 0.4) is 0 Å². The van der Waals surface area contributed by atoms with Crippen LogP contribution in [-0.4, -0.2) is 47.0 Å². The molecule has 0 aliphatic carbocycles. The molecule has 6 nitrogen and oxygen atoms in total. The Morgan fingerprint density at radius 2 is 2.14 bits per heavy atom. The first kappa shape index (κ1) is 20.3. The highest BCUT2D eigenvalue weighted by Crippen LogP contribution is 2.30. The van der Waals surface area contributed by atoms with Crippen LogP contribution in [0.25, 0.3) is 11.0 Å². The zero-order valence-electron chi connectivity index (χ0n) is 15.9. The van der Waals surface area contributed by atoms with E-state index in [-0.39, 0.29) is 22.7 Å². The topological polar surface area (TPSA) is 73.1 Å². The van der Waals surface area contributed by atoms with Crippen LogP contribution in [0, 0.1) is 5.82 Å². The third-order valence-corrected chi connectivity index (χ3v) is 4.86. The summed E-state index contributed by atoms with van der Waals surface area (Å²) in [4.78, 5) is 21.8. The lowest BCUT2D eigenvalue weighted by Crippen LogP contribution is -2.46. The number of carbonyl (C=O) groups excluding carboxylic acids is 1. The minimum atomic E-state index is -0.554. The smallest absolute Gasteiger partial charge is 0.256 e. The molecule has 0 unspecified atom stereocenters. The molecule has 1 aliphatic heterocycles. The number of nitrogens with zero attached hydrogens (tertiary/aromatic N) is 2. The number of piperazine rings is 1. The van der Waals surface area contributed by atoms with Crippen molar-refractivity contribution in [3.05, 3.63) is 58.3 Å². The van der Waals surface area contributed by atoms with Crippen LogP contribution < -0.4 is 10.6 Å². The lowest BCUT2D eigenvalue weighted by atomic mass is 10.1. The van der Waals surface area contributed by atoms with Gasteiger partial charge in [0.15, 0.2) is 5.82 Å². The van der Waals surface area contributed by atoms with E-state index in [4.69, 9.17) is 0 Å². The molecule has 1 aliphatic rings. The van der Waals surface area contributed by atoms with Gasteiger partial charge in [-0.25, -0.2) is 9.37 Å². The second kappa shape index (κ2) is 8.70.